The van der Waals surface area contributed by atoms with Crippen molar-refractivity contribution >= 4 is 23.3 Å². The maximum atomic E-state index is 11.4. The molecule has 0 saturated carbocycles. The van der Waals surface area contributed by atoms with Gasteiger partial charge in [-0.15, -0.1) is 0 Å². The summed E-state index contributed by atoms with van der Waals surface area (Å²) in [4.78, 5) is 32.8. The highest BCUT2D eigenvalue weighted by molar-refractivity contribution is 7.99. The largest absolute Gasteiger partial charge is 0.370 e. The summed E-state index contributed by atoms with van der Waals surface area (Å²) in [6.45, 7) is 4.22. The highest BCUT2D eigenvalue weighted by Crippen LogP contribution is 2.31. The predicted molar refractivity (Wildman–Crippen MR) is 78.8 cm³/mol. The van der Waals surface area contributed by atoms with Crippen molar-refractivity contribution in [3.8, 4) is 0 Å². The first-order chi connectivity index (χ1) is 9.99. The molecule has 0 spiro atoms. The Morgan fingerprint density at radius 2 is 2.19 bits per heavy atom. The van der Waals surface area contributed by atoms with Gasteiger partial charge in [0.05, 0.1) is 4.92 Å². The fraction of sp³-hybridized carbons (Fsp3) is 0.250. The Morgan fingerprint density at radius 1 is 1.43 bits per heavy atom. The Balaban J connectivity index is 2.42. The molecule has 8 nitrogen and oxygen atoms in total. The average molecular weight is 307 g/mol. The van der Waals surface area contributed by atoms with Gasteiger partial charge in [0.1, 0.15) is 5.82 Å². The first kappa shape index (κ1) is 15.0. The van der Waals surface area contributed by atoms with E-state index in [0.717, 1.165) is 11.8 Å². The molecule has 2 aromatic rings. The zero-order valence-electron chi connectivity index (χ0n) is 11.4. The van der Waals surface area contributed by atoms with Crippen LogP contribution in [-0.4, -0.2) is 26.4 Å². The summed E-state index contributed by atoms with van der Waals surface area (Å²) in [5, 5.41) is 14.5. The second-order valence-electron chi connectivity index (χ2n) is 4.10. The van der Waals surface area contributed by atoms with Crippen molar-refractivity contribution in [2.24, 2.45) is 0 Å². The quantitative estimate of drug-likeness (QED) is 0.493. The van der Waals surface area contributed by atoms with Crippen LogP contribution in [0.25, 0.3) is 0 Å². The molecule has 2 N–H and O–H groups in total. The monoisotopic (exact) mass is 307 g/mol. The van der Waals surface area contributed by atoms with E-state index >= 15 is 0 Å². The van der Waals surface area contributed by atoms with Crippen LogP contribution in [0.5, 0.6) is 0 Å². The summed E-state index contributed by atoms with van der Waals surface area (Å²) in [5.41, 5.74) is 0.0908. The van der Waals surface area contributed by atoms with E-state index in [1.165, 1.54) is 18.2 Å². The van der Waals surface area contributed by atoms with Gasteiger partial charge in [0.15, 0.2) is 10.2 Å². The van der Waals surface area contributed by atoms with Crippen LogP contribution < -0.4 is 10.9 Å². The summed E-state index contributed by atoms with van der Waals surface area (Å²) in [5.74, 6) is 0.528. The van der Waals surface area contributed by atoms with E-state index in [4.69, 9.17) is 0 Å². The Hall–Kier alpha value is -2.42. The molecule has 0 amide bonds. The summed E-state index contributed by atoms with van der Waals surface area (Å²) in [6.07, 6.45) is 0. The number of nitrogens with one attached hydrogen (secondary N) is 2. The van der Waals surface area contributed by atoms with E-state index in [-0.39, 0.29) is 21.4 Å². The minimum absolute atomic E-state index is 0.134. The molecule has 0 radical (unpaired) electrons. The highest BCUT2D eigenvalue weighted by atomic mass is 32.2. The van der Waals surface area contributed by atoms with Gasteiger partial charge >= 0.3 is 5.69 Å². The maximum Gasteiger partial charge on any atom is 0.301 e. The minimum atomic E-state index is -0.515. The second-order valence-corrected chi connectivity index (χ2v) is 5.08. The third-order valence-corrected chi connectivity index (χ3v) is 3.32. The molecule has 0 aliphatic carbocycles. The number of H-pyrrole nitrogens is 1. The Kier molecular flexibility index (Phi) is 4.53. The Morgan fingerprint density at radius 3 is 2.81 bits per heavy atom. The molecule has 2 heterocycles. The van der Waals surface area contributed by atoms with Crippen molar-refractivity contribution in [1.82, 2.24) is 15.0 Å². The van der Waals surface area contributed by atoms with Crippen LogP contribution in [0.3, 0.4) is 0 Å². The molecule has 0 saturated heterocycles. The molecule has 0 bridgehead atoms. The number of hydrogen-bond acceptors (Lipinski definition) is 7. The number of anilines is 1. The molecule has 9 heteroatoms. The van der Waals surface area contributed by atoms with Crippen molar-refractivity contribution in [3.05, 3.63) is 44.4 Å². The lowest BCUT2D eigenvalue weighted by molar-refractivity contribution is -0.388. The lowest BCUT2D eigenvalue weighted by atomic mass is 10.4. The number of aromatic amines is 1. The van der Waals surface area contributed by atoms with E-state index in [0.29, 0.717) is 18.1 Å². The molecular weight excluding hydrogens is 294 g/mol. The third-order valence-electron chi connectivity index (χ3n) is 2.44. The zero-order valence-corrected chi connectivity index (χ0v) is 12.2. The molecule has 110 valence electrons. The minimum Gasteiger partial charge on any atom is -0.370 e. The van der Waals surface area contributed by atoms with Crippen LogP contribution in [-0.2, 0) is 0 Å². The molecule has 2 rings (SSSR count). The van der Waals surface area contributed by atoms with Crippen molar-refractivity contribution in [1.29, 1.82) is 0 Å². The van der Waals surface area contributed by atoms with Gasteiger partial charge in [-0.25, -0.2) is 9.97 Å². The molecule has 2 aromatic heterocycles. The molecular formula is C12H13N5O3S. The van der Waals surface area contributed by atoms with Gasteiger partial charge in [-0.1, -0.05) is 0 Å². The van der Waals surface area contributed by atoms with Gasteiger partial charge in [0.25, 0.3) is 5.56 Å². The molecule has 0 aromatic carbocycles. The number of pyridine rings is 1. The van der Waals surface area contributed by atoms with Crippen molar-refractivity contribution in [3.63, 3.8) is 0 Å². The van der Waals surface area contributed by atoms with E-state index in [9.17, 15) is 14.9 Å². The highest BCUT2D eigenvalue weighted by Gasteiger charge is 2.18. The normalized spacial score (nSPS) is 10.4. The van der Waals surface area contributed by atoms with E-state index < -0.39 is 4.92 Å². The van der Waals surface area contributed by atoms with Gasteiger partial charge in [0, 0.05) is 24.4 Å². The van der Waals surface area contributed by atoms with E-state index in [1.807, 2.05) is 6.92 Å². The average Bonchev–Trinajstić information content (AvgIpc) is 2.37. The third kappa shape index (κ3) is 3.78. The SMILES string of the molecule is CCNc1ccc([N+](=O)[O-])c(Sc2nc(C)cc(=O)[nH]2)n1. The van der Waals surface area contributed by atoms with E-state index in [2.05, 4.69) is 20.3 Å². The lowest BCUT2D eigenvalue weighted by Crippen LogP contribution is -2.08. The molecule has 0 aliphatic rings. The predicted octanol–water partition coefficient (Wildman–Crippen LogP) is 1.96. The molecule has 0 atom stereocenters. The number of aryl methyl sites for hydroxylation is 1. The van der Waals surface area contributed by atoms with Crippen LogP contribution in [0, 0.1) is 17.0 Å². The van der Waals surface area contributed by atoms with Crippen LogP contribution >= 0.6 is 11.8 Å². The number of nitro groups is 1. The zero-order chi connectivity index (χ0) is 15.4. The second kappa shape index (κ2) is 6.35. The first-order valence-corrected chi connectivity index (χ1v) is 6.96. The molecule has 0 unspecified atom stereocenters. The smallest absolute Gasteiger partial charge is 0.301 e. The van der Waals surface area contributed by atoms with Gasteiger partial charge in [-0.05, 0) is 31.7 Å². The Bertz CT molecular complexity index is 731. The summed E-state index contributed by atoms with van der Waals surface area (Å²) in [6, 6.07) is 4.26. The number of hydrogen-bond donors (Lipinski definition) is 2. The number of nitrogens with zero attached hydrogens (tertiary/aromatic N) is 3. The van der Waals surface area contributed by atoms with Gasteiger partial charge in [0.2, 0.25) is 0 Å². The van der Waals surface area contributed by atoms with Crippen LogP contribution in [0.2, 0.25) is 0 Å². The van der Waals surface area contributed by atoms with Crippen molar-refractivity contribution in [2.45, 2.75) is 24.0 Å². The lowest BCUT2D eigenvalue weighted by Gasteiger charge is -2.06. The number of rotatable bonds is 5. The summed E-state index contributed by atoms with van der Waals surface area (Å²) >= 11 is 0.951. The summed E-state index contributed by atoms with van der Waals surface area (Å²) < 4.78 is 0. The van der Waals surface area contributed by atoms with Gasteiger partial charge < -0.3 is 10.3 Å². The molecule has 0 aliphatic heterocycles. The van der Waals surface area contributed by atoms with Crippen LogP contribution in [0.4, 0.5) is 11.5 Å². The topological polar surface area (TPSA) is 114 Å². The maximum absolute atomic E-state index is 11.4. The van der Waals surface area contributed by atoms with Crippen LogP contribution in [0.1, 0.15) is 12.6 Å². The van der Waals surface area contributed by atoms with Gasteiger partial charge in [-0.3, -0.25) is 14.9 Å². The molecule has 21 heavy (non-hydrogen) atoms. The molecule has 0 fully saturated rings. The fourth-order valence-electron chi connectivity index (χ4n) is 1.62. The standard InChI is InChI=1S/C12H13N5O3S/c1-3-13-9-5-4-8(17(19)20)11(15-9)21-12-14-7(2)6-10(18)16-12/h4-6H,3H2,1-2H3,(H,13,15)(H,14,16,18). The fourth-order valence-corrected chi connectivity index (χ4v) is 2.53. The van der Waals surface area contributed by atoms with Crippen molar-refractivity contribution in [2.75, 3.05) is 11.9 Å². The van der Waals surface area contributed by atoms with Crippen LogP contribution in [0.15, 0.2) is 33.2 Å². The number of aromatic nitrogens is 3. The summed E-state index contributed by atoms with van der Waals surface area (Å²) in [7, 11) is 0. The van der Waals surface area contributed by atoms with E-state index in [1.54, 1.807) is 6.92 Å². The first-order valence-electron chi connectivity index (χ1n) is 6.14. The van der Waals surface area contributed by atoms with Crippen molar-refractivity contribution < 1.29 is 4.92 Å². The Labute approximate surface area is 124 Å². The van der Waals surface area contributed by atoms with Gasteiger partial charge in [-0.2, -0.15) is 0 Å².